The highest BCUT2D eigenvalue weighted by Gasteiger charge is 2.35. The van der Waals surface area contributed by atoms with Gasteiger partial charge in [0.05, 0.1) is 18.5 Å². The third kappa shape index (κ3) is 6.95. The molecule has 2 atom stereocenters. The molecule has 1 aromatic heterocycles. The number of hydrogen-bond acceptors (Lipinski definition) is 8. The summed E-state index contributed by atoms with van der Waals surface area (Å²) in [7, 11) is -0.0206. The first-order chi connectivity index (χ1) is 18.0. The molecule has 0 saturated carbocycles. The van der Waals surface area contributed by atoms with E-state index >= 15 is 0 Å². The van der Waals surface area contributed by atoms with Crippen molar-refractivity contribution in [2.45, 2.75) is 31.3 Å². The van der Waals surface area contributed by atoms with Crippen LogP contribution in [-0.4, -0.2) is 46.3 Å². The average molecular weight is 583 g/mol. The molecule has 0 N–H and O–H groups in total. The van der Waals surface area contributed by atoms with Gasteiger partial charge in [-0.2, -0.15) is 35.5 Å². The zero-order valence-corrected chi connectivity index (χ0v) is 22.9. The lowest BCUT2D eigenvalue weighted by Gasteiger charge is -2.24. The number of esters is 1. The lowest BCUT2D eigenvalue weighted by atomic mass is 9.91. The molecule has 1 aliphatic rings. The first-order valence-corrected chi connectivity index (χ1v) is 14.0. The van der Waals surface area contributed by atoms with Crippen LogP contribution >= 0.6 is 31.6 Å². The summed E-state index contributed by atoms with van der Waals surface area (Å²) >= 11 is 10.3. The van der Waals surface area contributed by atoms with E-state index in [2.05, 4.69) is 22.2 Å². The van der Waals surface area contributed by atoms with E-state index in [1.165, 1.54) is 5.01 Å². The number of alkyl halides is 3. The van der Waals surface area contributed by atoms with Gasteiger partial charge in [-0.25, -0.2) is 14.8 Å². The zero-order chi connectivity index (χ0) is 27.5. The summed E-state index contributed by atoms with van der Waals surface area (Å²) in [5.41, 5.74) is 2.33. The molecule has 200 valence electrons. The van der Waals surface area contributed by atoms with E-state index < -0.39 is 30.1 Å². The Hall–Kier alpha value is -2.88. The maximum absolute atomic E-state index is 13.1. The molecule has 0 aliphatic carbocycles. The van der Waals surface area contributed by atoms with Gasteiger partial charge in [-0.3, -0.25) is 0 Å². The molecule has 2 unspecified atom stereocenters. The van der Waals surface area contributed by atoms with E-state index in [-0.39, 0.29) is 31.6 Å². The predicted molar refractivity (Wildman–Crippen MR) is 145 cm³/mol. The fourth-order valence-corrected chi connectivity index (χ4v) is 4.09. The molecule has 1 aliphatic heterocycles. The van der Waals surface area contributed by atoms with Crippen molar-refractivity contribution in [1.82, 2.24) is 9.97 Å². The zero-order valence-electron chi connectivity index (χ0n) is 20.2. The van der Waals surface area contributed by atoms with Gasteiger partial charge in [-0.1, -0.05) is 54.1 Å². The van der Waals surface area contributed by atoms with Crippen LogP contribution in [0.15, 0.2) is 65.9 Å². The highest BCUT2D eigenvalue weighted by Crippen LogP contribution is 2.38. The summed E-state index contributed by atoms with van der Waals surface area (Å²) in [4.78, 5) is 21.1. The summed E-state index contributed by atoms with van der Waals surface area (Å²) in [5.74, 6) is -1.04. The van der Waals surface area contributed by atoms with Gasteiger partial charge < -0.3 is 9.47 Å². The van der Waals surface area contributed by atoms with E-state index in [9.17, 15) is 18.0 Å². The van der Waals surface area contributed by atoms with Gasteiger partial charge in [0.15, 0.2) is 12.4 Å². The molecule has 0 saturated heterocycles. The van der Waals surface area contributed by atoms with Crippen LogP contribution in [0.1, 0.15) is 41.3 Å². The Morgan fingerprint density at radius 3 is 2.47 bits per heavy atom. The number of halogens is 4. The van der Waals surface area contributed by atoms with Gasteiger partial charge in [0, 0.05) is 10.9 Å². The standard InChI is InChI=1S/C25H23ClF3N4O3PS/c1-24(2,37-38)36-22(34)18-12-30-23(35-14-25(27,28)29)31-21(18)33-13-19(15-6-4-3-5-7-15)20(32-33)16-8-10-17(26)11-9-16/h3-12,19,37-38H,13-14H2,1-2H3. The number of aromatic nitrogens is 2. The van der Waals surface area contributed by atoms with E-state index in [0.717, 1.165) is 17.3 Å². The van der Waals surface area contributed by atoms with Crippen LogP contribution in [0.2, 0.25) is 5.02 Å². The van der Waals surface area contributed by atoms with E-state index in [1.807, 2.05) is 42.5 Å². The lowest BCUT2D eigenvalue weighted by molar-refractivity contribution is -0.154. The number of carbonyl (C=O) groups is 1. The van der Waals surface area contributed by atoms with Crippen LogP contribution in [-0.2, 0) is 4.74 Å². The van der Waals surface area contributed by atoms with Crippen LogP contribution in [0, 0.1) is 0 Å². The number of carbonyl (C=O) groups excluding carboxylic acids is 1. The highest BCUT2D eigenvalue weighted by atomic mass is 35.5. The van der Waals surface area contributed by atoms with E-state index in [0.29, 0.717) is 10.7 Å². The smallest absolute Gasteiger partial charge is 0.422 e. The lowest BCUT2D eigenvalue weighted by Crippen LogP contribution is -2.26. The van der Waals surface area contributed by atoms with Gasteiger partial charge in [0.2, 0.25) is 0 Å². The van der Waals surface area contributed by atoms with Crippen LogP contribution in [0.4, 0.5) is 19.0 Å². The Morgan fingerprint density at radius 2 is 1.84 bits per heavy atom. The minimum absolute atomic E-state index is 0.0206. The molecule has 13 heteroatoms. The average Bonchev–Trinajstić information content (AvgIpc) is 3.33. The SMILES string of the molecule is CC(C)(OC(=O)c1cnc(OCC(F)(F)F)nc1N1CC(c2ccccc2)C(c2ccc(Cl)cc2)=N1)PS. The van der Waals surface area contributed by atoms with Crippen LogP contribution in [0.25, 0.3) is 0 Å². The number of ether oxygens (including phenoxy) is 2. The Balaban J connectivity index is 1.78. The molecule has 0 fully saturated rings. The Morgan fingerprint density at radius 1 is 1.16 bits per heavy atom. The Labute approximate surface area is 229 Å². The number of hydrogen-bond donors (Lipinski definition) is 1. The van der Waals surface area contributed by atoms with Crippen molar-refractivity contribution < 1.29 is 27.4 Å². The van der Waals surface area contributed by atoms with Crippen molar-refractivity contribution >= 4 is 49.1 Å². The molecule has 0 amide bonds. The first-order valence-electron chi connectivity index (χ1n) is 11.3. The van der Waals surface area contributed by atoms with Crippen molar-refractivity contribution in [2.24, 2.45) is 5.10 Å². The van der Waals surface area contributed by atoms with Crippen molar-refractivity contribution in [1.29, 1.82) is 0 Å². The quantitative estimate of drug-likeness (QED) is 0.186. The fraction of sp³-hybridized carbons (Fsp3) is 0.280. The largest absolute Gasteiger partial charge is 0.454 e. The van der Waals surface area contributed by atoms with Crippen LogP contribution < -0.4 is 9.75 Å². The first kappa shape index (κ1) is 28.1. The van der Waals surface area contributed by atoms with Gasteiger partial charge in [0.25, 0.3) is 0 Å². The highest BCUT2D eigenvalue weighted by molar-refractivity contribution is 8.38. The van der Waals surface area contributed by atoms with Gasteiger partial charge in [-0.15, -0.1) is 0 Å². The minimum Gasteiger partial charge on any atom is -0.454 e. The molecule has 4 rings (SSSR count). The molecule has 0 radical (unpaired) electrons. The van der Waals surface area contributed by atoms with Crippen molar-refractivity contribution in [2.75, 3.05) is 18.2 Å². The number of hydrazone groups is 1. The molecular weight excluding hydrogens is 560 g/mol. The maximum Gasteiger partial charge on any atom is 0.422 e. The number of rotatable bonds is 8. The molecule has 3 aromatic rings. The van der Waals surface area contributed by atoms with Gasteiger partial charge in [-0.05, 0) is 44.9 Å². The normalized spacial score (nSPS) is 16.1. The Bertz CT molecular complexity index is 1330. The van der Waals surface area contributed by atoms with Gasteiger partial charge in [0.1, 0.15) is 10.9 Å². The summed E-state index contributed by atoms with van der Waals surface area (Å²) in [6, 6.07) is 16.2. The van der Waals surface area contributed by atoms with Crippen LogP contribution in [0.5, 0.6) is 6.01 Å². The van der Waals surface area contributed by atoms with E-state index in [4.69, 9.17) is 26.2 Å². The second-order valence-corrected chi connectivity index (χ2v) is 11.4. The van der Waals surface area contributed by atoms with E-state index in [1.54, 1.807) is 26.0 Å². The van der Waals surface area contributed by atoms with Crippen molar-refractivity contribution in [3.8, 4) is 6.01 Å². The molecule has 7 nitrogen and oxygen atoms in total. The molecule has 2 aromatic carbocycles. The molecular formula is C25H23ClF3N4O3PS. The minimum atomic E-state index is -4.59. The number of anilines is 1. The second-order valence-electron chi connectivity index (χ2n) is 8.84. The fourth-order valence-electron chi connectivity index (χ4n) is 3.69. The number of thiol groups is 1. The summed E-state index contributed by atoms with van der Waals surface area (Å²) in [6.07, 6.45) is -3.51. The summed E-state index contributed by atoms with van der Waals surface area (Å²) < 4.78 is 48.7. The number of benzene rings is 2. The second kappa shape index (κ2) is 11.5. The Kier molecular flexibility index (Phi) is 8.49. The van der Waals surface area contributed by atoms with Crippen LogP contribution in [0.3, 0.4) is 0 Å². The monoisotopic (exact) mass is 582 g/mol. The molecule has 0 spiro atoms. The maximum atomic E-state index is 13.1. The third-order valence-corrected chi connectivity index (χ3v) is 7.96. The van der Waals surface area contributed by atoms with Crippen molar-refractivity contribution in [3.63, 3.8) is 0 Å². The third-order valence-electron chi connectivity index (χ3n) is 5.45. The van der Waals surface area contributed by atoms with Gasteiger partial charge >= 0.3 is 18.2 Å². The molecule has 0 bridgehead atoms. The topological polar surface area (TPSA) is 76.9 Å². The predicted octanol–water partition coefficient (Wildman–Crippen LogP) is 6.50. The molecule has 2 heterocycles. The molecule has 38 heavy (non-hydrogen) atoms. The number of nitrogens with zero attached hydrogens (tertiary/aromatic N) is 4. The summed E-state index contributed by atoms with van der Waals surface area (Å²) in [6.45, 7) is 2.04. The van der Waals surface area contributed by atoms with Crippen molar-refractivity contribution in [3.05, 3.63) is 82.5 Å². The summed E-state index contributed by atoms with van der Waals surface area (Å²) in [5, 5.41) is 5.86.